The molecule has 0 spiro atoms. The summed E-state index contributed by atoms with van der Waals surface area (Å²) >= 11 is 0. The van der Waals surface area contributed by atoms with Gasteiger partial charge in [0, 0.05) is 13.5 Å². The minimum Gasteiger partial charge on any atom is -0.349 e. The first kappa shape index (κ1) is 15.1. The summed E-state index contributed by atoms with van der Waals surface area (Å²) in [6, 6.07) is 0. The van der Waals surface area contributed by atoms with Crippen LogP contribution in [0.25, 0.3) is 0 Å². The highest BCUT2D eigenvalue weighted by molar-refractivity contribution is 5.19. The van der Waals surface area contributed by atoms with Crippen molar-refractivity contribution < 1.29 is 9.47 Å². The van der Waals surface area contributed by atoms with Crippen molar-refractivity contribution >= 4 is 0 Å². The lowest BCUT2D eigenvalue weighted by atomic mass is 9.81. The van der Waals surface area contributed by atoms with Gasteiger partial charge in [-0.2, -0.15) is 0 Å². The lowest BCUT2D eigenvalue weighted by Gasteiger charge is -2.34. The van der Waals surface area contributed by atoms with Crippen LogP contribution in [0.3, 0.4) is 0 Å². The first-order valence-corrected chi connectivity index (χ1v) is 8.12. The molecule has 1 saturated carbocycles. The highest BCUT2D eigenvalue weighted by Crippen LogP contribution is 2.38. The third kappa shape index (κ3) is 3.41. The van der Waals surface area contributed by atoms with Gasteiger partial charge < -0.3 is 9.47 Å². The van der Waals surface area contributed by atoms with Crippen LogP contribution in [-0.4, -0.2) is 19.5 Å². The van der Waals surface area contributed by atoms with E-state index in [0.29, 0.717) is 0 Å². The molecule has 0 aliphatic heterocycles. The van der Waals surface area contributed by atoms with E-state index in [4.69, 9.17) is 9.47 Å². The maximum absolute atomic E-state index is 6.26. The Morgan fingerprint density at radius 1 is 1.16 bits per heavy atom. The number of hydrogen-bond acceptors (Lipinski definition) is 2. The zero-order chi connectivity index (χ0) is 13.7. The molecule has 0 aromatic rings. The lowest BCUT2D eigenvalue weighted by Crippen LogP contribution is -2.36. The Kier molecular flexibility index (Phi) is 5.47. The van der Waals surface area contributed by atoms with Crippen molar-refractivity contribution in [3.63, 3.8) is 0 Å². The molecular formula is C17H30O2. The van der Waals surface area contributed by atoms with Crippen molar-refractivity contribution in [3.8, 4) is 0 Å². The Hall–Kier alpha value is -0.340. The van der Waals surface area contributed by atoms with E-state index in [0.717, 1.165) is 37.7 Å². The van der Waals surface area contributed by atoms with Crippen LogP contribution in [0.2, 0.25) is 0 Å². The maximum Gasteiger partial charge on any atom is 0.190 e. The molecule has 2 aliphatic carbocycles. The number of methoxy groups -OCH3 is 1. The van der Waals surface area contributed by atoms with Gasteiger partial charge in [0.2, 0.25) is 0 Å². The van der Waals surface area contributed by atoms with Gasteiger partial charge in [0.25, 0.3) is 0 Å². The number of rotatable bonds is 6. The van der Waals surface area contributed by atoms with Crippen molar-refractivity contribution in [1.29, 1.82) is 0 Å². The second-order valence-corrected chi connectivity index (χ2v) is 6.18. The van der Waals surface area contributed by atoms with Crippen molar-refractivity contribution in [1.82, 2.24) is 0 Å². The second kappa shape index (κ2) is 6.90. The summed E-state index contributed by atoms with van der Waals surface area (Å²) in [5, 5.41) is 0. The minimum atomic E-state index is -0.393. The maximum atomic E-state index is 6.26. The minimum absolute atomic E-state index is 0.393. The van der Waals surface area contributed by atoms with Gasteiger partial charge >= 0.3 is 0 Å². The molecule has 0 aromatic carbocycles. The van der Waals surface area contributed by atoms with Crippen LogP contribution in [0.4, 0.5) is 0 Å². The summed E-state index contributed by atoms with van der Waals surface area (Å²) in [6.07, 6.45) is 12.2. The quantitative estimate of drug-likeness (QED) is 0.513. The van der Waals surface area contributed by atoms with Crippen molar-refractivity contribution in [2.24, 2.45) is 11.8 Å². The molecule has 0 amide bonds. The molecule has 0 saturated heterocycles. The van der Waals surface area contributed by atoms with E-state index in [2.05, 4.69) is 19.9 Å². The molecule has 0 bridgehead atoms. The van der Waals surface area contributed by atoms with E-state index in [1.165, 1.54) is 37.7 Å². The molecule has 2 nitrogen and oxygen atoms in total. The van der Waals surface area contributed by atoms with Gasteiger partial charge in [-0.1, -0.05) is 39.2 Å². The van der Waals surface area contributed by atoms with Crippen molar-refractivity contribution in [3.05, 3.63) is 11.6 Å². The van der Waals surface area contributed by atoms with E-state index in [9.17, 15) is 0 Å². The average molecular weight is 266 g/mol. The Balaban J connectivity index is 1.83. The van der Waals surface area contributed by atoms with E-state index < -0.39 is 5.79 Å². The third-order valence-corrected chi connectivity index (χ3v) is 5.16. The predicted molar refractivity (Wildman–Crippen MR) is 79.0 cm³/mol. The standard InChI is InChI=1S/C17H30O2/c1-4-14-8-10-15(11-9-14)13-19-17(18-3)12-6-7-16(17)5-2/h7,14-15H,4-6,8-13H2,1-3H3. The lowest BCUT2D eigenvalue weighted by molar-refractivity contribution is -0.203. The molecule has 110 valence electrons. The first-order chi connectivity index (χ1) is 9.24. The second-order valence-electron chi connectivity index (χ2n) is 6.18. The van der Waals surface area contributed by atoms with Gasteiger partial charge in [-0.15, -0.1) is 0 Å². The van der Waals surface area contributed by atoms with Crippen LogP contribution in [0, 0.1) is 11.8 Å². The van der Waals surface area contributed by atoms with Gasteiger partial charge in [0.1, 0.15) is 0 Å². The Morgan fingerprint density at radius 2 is 1.84 bits per heavy atom. The molecule has 19 heavy (non-hydrogen) atoms. The molecule has 0 radical (unpaired) electrons. The van der Waals surface area contributed by atoms with Gasteiger partial charge in [0.05, 0.1) is 6.61 Å². The van der Waals surface area contributed by atoms with Crippen LogP contribution in [0.15, 0.2) is 11.6 Å². The molecule has 0 heterocycles. The Morgan fingerprint density at radius 3 is 2.42 bits per heavy atom. The van der Waals surface area contributed by atoms with E-state index in [-0.39, 0.29) is 0 Å². The van der Waals surface area contributed by atoms with Crippen molar-refractivity contribution in [2.75, 3.05) is 13.7 Å². The largest absolute Gasteiger partial charge is 0.349 e. The molecule has 2 aliphatic rings. The van der Waals surface area contributed by atoms with Gasteiger partial charge in [-0.3, -0.25) is 0 Å². The molecular weight excluding hydrogens is 236 g/mol. The van der Waals surface area contributed by atoms with Crippen LogP contribution in [0.5, 0.6) is 0 Å². The molecule has 2 rings (SSSR count). The first-order valence-electron chi connectivity index (χ1n) is 8.12. The van der Waals surface area contributed by atoms with Gasteiger partial charge in [-0.05, 0) is 43.1 Å². The summed E-state index contributed by atoms with van der Waals surface area (Å²) in [5.74, 6) is 1.31. The average Bonchev–Trinajstić information content (AvgIpc) is 2.89. The van der Waals surface area contributed by atoms with E-state index >= 15 is 0 Å². The van der Waals surface area contributed by atoms with Gasteiger partial charge in [0.15, 0.2) is 5.79 Å². The highest BCUT2D eigenvalue weighted by Gasteiger charge is 2.38. The summed E-state index contributed by atoms with van der Waals surface area (Å²) < 4.78 is 12.0. The highest BCUT2D eigenvalue weighted by atomic mass is 16.7. The fourth-order valence-electron chi connectivity index (χ4n) is 3.68. The Bertz CT molecular complexity index is 302. The molecule has 1 fully saturated rings. The SMILES string of the molecule is CCC1=CCCC1(OC)OCC1CCC(CC)CC1. The summed E-state index contributed by atoms with van der Waals surface area (Å²) in [4.78, 5) is 0. The summed E-state index contributed by atoms with van der Waals surface area (Å²) in [6.45, 7) is 5.39. The fraction of sp³-hybridized carbons (Fsp3) is 0.882. The van der Waals surface area contributed by atoms with E-state index in [1.807, 2.05) is 0 Å². The molecule has 1 atom stereocenters. The van der Waals surface area contributed by atoms with Crippen molar-refractivity contribution in [2.45, 2.75) is 71.0 Å². The number of hydrogen-bond donors (Lipinski definition) is 0. The number of ether oxygens (including phenoxy) is 2. The summed E-state index contributed by atoms with van der Waals surface area (Å²) in [5.41, 5.74) is 1.34. The molecule has 1 unspecified atom stereocenters. The topological polar surface area (TPSA) is 18.5 Å². The van der Waals surface area contributed by atoms with Crippen LogP contribution >= 0.6 is 0 Å². The normalized spacial score (nSPS) is 35.4. The van der Waals surface area contributed by atoms with Crippen LogP contribution in [0.1, 0.15) is 65.2 Å². The fourth-order valence-corrected chi connectivity index (χ4v) is 3.68. The number of allylic oxidation sites excluding steroid dienone is 1. The van der Waals surface area contributed by atoms with Gasteiger partial charge in [-0.25, -0.2) is 0 Å². The summed E-state index contributed by atoms with van der Waals surface area (Å²) in [7, 11) is 1.79. The van der Waals surface area contributed by atoms with Crippen LogP contribution in [-0.2, 0) is 9.47 Å². The van der Waals surface area contributed by atoms with E-state index in [1.54, 1.807) is 7.11 Å². The smallest absolute Gasteiger partial charge is 0.190 e. The molecule has 2 heteroatoms. The Labute approximate surface area is 118 Å². The zero-order valence-electron chi connectivity index (χ0n) is 12.9. The predicted octanol–water partition coefficient (Wildman–Crippen LogP) is 4.69. The molecule has 0 aromatic heterocycles. The third-order valence-electron chi connectivity index (χ3n) is 5.16. The monoisotopic (exact) mass is 266 g/mol. The van der Waals surface area contributed by atoms with Crippen LogP contribution < -0.4 is 0 Å². The molecule has 0 N–H and O–H groups in total. The zero-order valence-corrected chi connectivity index (χ0v) is 12.9.